The molecule has 2 aromatic rings. The summed E-state index contributed by atoms with van der Waals surface area (Å²) in [4.78, 5) is 13.1. The van der Waals surface area contributed by atoms with Crippen molar-refractivity contribution in [3.05, 3.63) is 71.8 Å². The van der Waals surface area contributed by atoms with Gasteiger partial charge in [0.2, 0.25) is 0 Å². The van der Waals surface area contributed by atoms with Gasteiger partial charge in [-0.1, -0.05) is 80.4 Å². The first-order valence-electron chi connectivity index (χ1n) is 10.2. The van der Waals surface area contributed by atoms with E-state index in [9.17, 15) is 9.90 Å². The van der Waals surface area contributed by atoms with Gasteiger partial charge in [0, 0.05) is 11.8 Å². The molecular weight excluding hydrogens is 352 g/mol. The fourth-order valence-corrected chi connectivity index (χ4v) is 4.40. The molecular formula is C24H30O4. The zero-order valence-electron chi connectivity index (χ0n) is 16.5. The fourth-order valence-electron chi connectivity index (χ4n) is 4.40. The van der Waals surface area contributed by atoms with Gasteiger partial charge in [0.1, 0.15) is 6.79 Å². The highest BCUT2D eigenvalue weighted by atomic mass is 16.6. The highest BCUT2D eigenvalue weighted by molar-refractivity contribution is 5.77. The number of benzene rings is 2. The van der Waals surface area contributed by atoms with Crippen molar-refractivity contribution in [1.82, 2.24) is 0 Å². The lowest BCUT2D eigenvalue weighted by Crippen LogP contribution is -2.50. The molecule has 0 heterocycles. The van der Waals surface area contributed by atoms with Crippen LogP contribution in [0.1, 0.15) is 49.1 Å². The first-order valence-corrected chi connectivity index (χ1v) is 10.2. The lowest BCUT2D eigenvalue weighted by molar-refractivity contribution is -0.160. The Kier molecular flexibility index (Phi) is 7.63. The number of ether oxygens (including phenoxy) is 2. The van der Waals surface area contributed by atoms with Gasteiger partial charge >= 0.3 is 5.97 Å². The minimum Gasteiger partial charge on any atom is -0.465 e. The second kappa shape index (κ2) is 10.4. The zero-order valence-corrected chi connectivity index (χ0v) is 16.5. The predicted molar refractivity (Wildman–Crippen MR) is 109 cm³/mol. The maximum atomic E-state index is 13.1. The smallest absolute Gasteiger partial charge is 0.310 e. The molecule has 150 valence electrons. The Bertz CT molecular complexity index is 668. The van der Waals surface area contributed by atoms with Gasteiger partial charge in [0.25, 0.3) is 0 Å². The van der Waals surface area contributed by atoms with Crippen molar-refractivity contribution < 1.29 is 19.4 Å². The van der Waals surface area contributed by atoms with Crippen LogP contribution in [0.2, 0.25) is 0 Å². The second-order valence-electron chi connectivity index (χ2n) is 7.44. The highest BCUT2D eigenvalue weighted by Gasteiger charge is 2.55. The summed E-state index contributed by atoms with van der Waals surface area (Å²) in [6.07, 6.45) is 3.06. The first-order chi connectivity index (χ1) is 13.8. The Morgan fingerprint density at radius 1 is 0.929 bits per heavy atom. The van der Waals surface area contributed by atoms with E-state index in [0.717, 1.165) is 30.4 Å². The van der Waals surface area contributed by atoms with Gasteiger partial charge < -0.3 is 14.6 Å². The van der Waals surface area contributed by atoms with E-state index in [2.05, 4.69) is 31.2 Å². The summed E-state index contributed by atoms with van der Waals surface area (Å²) in [5, 5.41) is 9.18. The number of hydrogen-bond donors (Lipinski definition) is 1. The molecule has 28 heavy (non-hydrogen) atoms. The van der Waals surface area contributed by atoms with Crippen LogP contribution < -0.4 is 0 Å². The van der Waals surface area contributed by atoms with Crippen LogP contribution in [0.3, 0.4) is 0 Å². The van der Waals surface area contributed by atoms with Gasteiger partial charge in [-0.05, 0) is 23.5 Å². The number of esters is 1. The van der Waals surface area contributed by atoms with E-state index in [1.54, 1.807) is 0 Å². The van der Waals surface area contributed by atoms with Crippen LogP contribution in [0.25, 0.3) is 0 Å². The second-order valence-corrected chi connectivity index (χ2v) is 7.44. The maximum absolute atomic E-state index is 13.1. The average molecular weight is 383 g/mol. The molecule has 4 heteroatoms. The molecule has 0 radical (unpaired) electrons. The summed E-state index contributed by atoms with van der Waals surface area (Å²) in [6, 6.07) is 20.2. The van der Waals surface area contributed by atoms with E-state index in [0.29, 0.717) is 13.2 Å². The molecule has 0 aromatic heterocycles. The van der Waals surface area contributed by atoms with Gasteiger partial charge in [-0.15, -0.1) is 0 Å². The molecule has 0 spiro atoms. The third-order valence-corrected chi connectivity index (χ3v) is 5.73. The normalized spacial score (nSPS) is 23.8. The van der Waals surface area contributed by atoms with E-state index in [4.69, 9.17) is 9.47 Å². The topological polar surface area (TPSA) is 55.8 Å². The number of aliphatic hydroxyl groups is 1. The Morgan fingerprint density at radius 3 is 2.00 bits per heavy atom. The number of carbonyl (C=O) groups excluding carboxylic acids is 1. The van der Waals surface area contributed by atoms with Gasteiger partial charge in [-0.3, -0.25) is 4.79 Å². The third-order valence-electron chi connectivity index (χ3n) is 5.73. The molecule has 1 aliphatic rings. The molecule has 0 amide bonds. The van der Waals surface area contributed by atoms with Gasteiger partial charge in [0.05, 0.1) is 19.1 Å². The van der Waals surface area contributed by atoms with Crippen molar-refractivity contribution in [1.29, 1.82) is 0 Å². The van der Waals surface area contributed by atoms with Crippen molar-refractivity contribution in [2.75, 3.05) is 20.0 Å². The van der Waals surface area contributed by atoms with Gasteiger partial charge in [-0.2, -0.15) is 0 Å². The lowest BCUT2D eigenvalue weighted by Gasteiger charge is -2.51. The van der Waals surface area contributed by atoms with E-state index >= 15 is 0 Å². The zero-order chi connectivity index (χ0) is 19.8. The standard InChI is InChI=1S/C24H30O4/c1-2-3-10-15-28-24(26)23-21(18-11-6-4-7-12-18)20(16-27-17-25)22(23)19-13-8-5-9-14-19/h4-9,11-14,20-23,25H,2-3,10,15-17H2,1H3/t20-,21-,22-,23+/m1/s1. The number of carbonyl (C=O) groups is 1. The Hall–Kier alpha value is -2.17. The van der Waals surface area contributed by atoms with Crippen LogP contribution in [-0.2, 0) is 14.3 Å². The van der Waals surface area contributed by atoms with Crippen LogP contribution >= 0.6 is 0 Å². The summed E-state index contributed by atoms with van der Waals surface area (Å²) in [5.74, 6) is -0.198. The quantitative estimate of drug-likeness (QED) is 0.373. The average Bonchev–Trinajstić information content (AvgIpc) is 2.72. The number of rotatable bonds is 10. The molecule has 4 nitrogen and oxygen atoms in total. The Balaban J connectivity index is 1.86. The number of hydrogen-bond acceptors (Lipinski definition) is 4. The van der Waals surface area contributed by atoms with E-state index in [-0.39, 0.29) is 36.4 Å². The molecule has 0 bridgehead atoms. The van der Waals surface area contributed by atoms with Crippen LogP contribution in [0, 0.1) is 11.8 Å². The molecule has 2 atom stereocenters. The number of unbranched alkanes of at least 4 members (excludes halogenated alkanes) is 2. The summed E-state index contributed by atoms with van der Waals surface area (Å²) >= 11 is 0. The van der Waals surface area contributed by atoms with Crippen LogP contribution in [0.5, 0.6) is 0 Å². The molecule has 0 unspecified atom stereocenters. The van der Waals surface area contributed by atoms with Crippen LogP contribution in [-0.4, -0.2) is 31.1 Å². The van der Waals surface area contributed by atoms with Crippen molar-refractivity contribution >= 4 is 5.97 Å². The third kappa shape index (κ3) is 4.62. The van der Waals surface area contributed by atoms with E-state index < -0.39 is 0 Å². The predicted octanol–water partition coefficient (Wildman–Crippen LogP) is 4.50. The van der Waals surface area contributed by atoms with Gasteiger partial charge in [0.15, 0.2) is 0 Å². The number of aliphatic hydroxyl groups excluding tert-OH is 1. The summed E-state index contributed by atoms with van der Waals surface area (Å²) in [5.41, 5.74) is 2.24. The van der Waals surface area contributed by atoms with Gasteiger partial charge in [-0.25, -0.2) is 0 Å². The molecule has 1 aliphatic carbocycles. The summed E-state index contributed by atoms with van der Waals surface area (Å²) in [6.45, 7) is 2.71. The fraction of sp³-hybridized carbons (Fsp3) is 0.458. The Morgan fingerprint density at radius 2 is 1.50 bits per heavy atom. The van der Waals surface area contributed by atoms with Crippen LogP contribution in [0.15, 0.2) is 60.7 Å². The van der Waals surface area contributed by atoms with Crippen molar-refractivity contribution in [2.24, 2.45) is 11.8 Å². The van der Waals surface area contributed by atoms with E-state index in [1.807, 2.05) is 36.4 Å². The highest BCUT2D eigenvalue weighted by Crippen LogP contribution is 2.57. The molecule has 1 N–H and O–H groups in total. The molecule has 1 saturated carbocycles. The minimum atomic E-state index is -0.314. The molecule has 3 rings (SSSR count). The van der Waals surface area contributed by atoms with Crippen molar-refractivity contribution in [3.8, 4) is 0 Å². The van der Waals surface area contributed by atoms with Crippen molar-refractivity contribution in [3.63, 3.8) is 0 Å². The van der Waals surface area contributed by atoms with Crippen LogP contribution in [0.4, 0.5) is 0 Å². The molecule has 0 aliphatic heterocycles. The minimum absolute atomic E-state index is 0.0247. The largest absolute Gasteiger partial charge is 0.465 e. The SMILES string of the molecule is CCCCCOC(=O)[C@H]1[C@H](c2ccccc2)[C@@H](COCO)[C@H]1c1ccccc1. The van der Waals surface area contributed by atoms with Crippen molar-refractivity contribution in [2.45, 2.75) is 38.0 Å². The molecule has 1 fully saturated rings. The molecule has 2 aromatic carbocycles. The maximum Gasteiger partial charge on any atom is 0.310 e. The first kappa shape index (κ1) is 20.6. The lowest BCUT2D eigenvalue weighted by atomic mass is 9.52. The van der Waals surface area contributed by atoms with E-state index in [1.165, 1.54) is 0 Å². The Labute approximate surface area is 167 Å². The summed E-state index contributed by atoms with van der Waals surface area (Å²) < 4.78 is 11.1. The monoisotopic (exact) mass is 382 g/mol. The summed E-state index contributed by atoms with van der Waals surface area (Å²) in [7, 11) is 0. The molecule has 0 saturated heterocycles.